The van der Waals surface area contributed by atoms with E-state index >= 15 is 0 Å². The molecule has 0 heterocycles. The smallest absolute Gasteiger partial charge is 0.272 e. The van der Waals surface area contributed by atoms with Gasteiger partial charge in [0, 0.05) is 11.6 Å². The van der Waals surface area contributed by atoms with E-state index in [1.165, 1.54) is 6.07 Å². The molecule has 2 rings (SSSR count). The van der Waals surface area contributed by atoms with Crippen LogP contribution in [0.1, 0.15) is 16.7 Å². The van der Waals surface area contributed by atoms with E-state index in [0.717, 1.165) is 5.56 Å². The topological polar surface area (TPSA) is 76.2 Å². The van der Waals surface area contributed by atoms with Gasteiger partial charge in [0.2, 0.25) is 0 Å². The van der Waals surface area contributed by atoms with E-state index in [2.05, 4.69) is 6.07 Å². The number of nitrogens with zero attached hydrogens (tertiary/aromatic N) is 2. The van der Waals surface area contributed by atoms with Crippen LogP contribution in [0.15, 0.2) is 42.5 Å². The van der Waals surface area contributed by atoms with Gasteiger partial charge in [0.05, 0.1) is 16.6 Å². The number of benzene rings is 2. The predicted molar refractivity (Wildman–Crippen MR) is 73.3 cm³/mol. The zero-order valence-corrected chi connectivity index (χ0v) is 10.9. The summed E-state index contributed by atoms with van der Waals surface area (Å²) >= 11 is 0. The van der Waals surface area contributed by atoms with Gasteiger partial charge in [0.25, 0.3) is 5.69 Å². The molecule has 0 aliphatic carbocycles. The lowest BCUT2D eigenvalue weighted by Crippen LogP contribution is -1.97. The van der Waals surface area contributed by atoms with Crippen LogP contribution in [-0.2, 0) is 6.61 Å². The molecule has 100 valence electrons. The largest absolute Gasteiger partial charge is 0.489 e. The maximum atomic E-state index is 10.7. The van der Waals surface area contributed by atoms with Gasteiger partial charge in [-0.2, -0.15) is 5.26 Å². The van der Waals surface area contributed by atoms with Gasteiger partial charge in [-0.05, 0) is 36.8 Å². The van der Waals surface area contributed by atoms with E-state index in [4.69, 9.17) is 10.00 Å². The molecule has 0 spiro atoms. The second-order valence-electron chi connectivity index (χ2n) is 4.31. The Morgan fingerprint density at radius 1 is 1.30 bits per heavy atom. The molecule has 0 amide bonds. The van der Waals surface area contributed by atoms with Crippen molar-refractivity contribution in [2.75, 3.05) is 0 Å². The Hall–Kier alpha value is -2.87. The summed E-state index contributed by atoms with van der Waals surface area (Å²) in [6.07, 6.45) is 0. The van der Waals surface area contributed by atoms with Gasteiger partial charge in [-0.25, -0.2) is 0 Å². The molecule has 0 N–H and O–H groups in total. The van der Waals surface area contributed by atoms with Crippen molar-refractivity contribution in [3.05, 3.63) is 69.3 Å². The molecule has 0 fully saturated rings. The van der Waals surface area contributed by atoms with E-state index in [0.29, 0.717) is 23.5 Å². The maximum absolute atomic E-state index is 10.7. The Balaban J connectivity index is 2.09. The van der Waals surface area contributed by atoms with Crippen LogP contribution >= 0.6 is 0 Å². The van der Waals surface area contributed by atoms with Crippen molar-refractivity contribution in [2.45, 2.75) is 13.5 Å². The van der Waals surface area contributed by atoms with Crippen LogP contribution in [0.25, 0.3) is 0 Å². The molecule has 5 heteroatoms. The molecule has 0 aliphatic rings. The zero-order chi connectivity index (χ0) is 14.5. The molecule has 20 heavy (non-hydrogen) atoms. The highest BCUT2D eigenvalue weighted by Crippen LogP contribution is 2.23. The predicted octanol–water partition coefficient (Wildman–Crippen LogP) is 3.35. The van der Waals surface area contributed by atoms with Crippen LogP contribution in [0.3, 0.4) is 0 Å². The number of hydrogen-bond acceptors (Lipinski definition) is 4. The first-order valence-corrected chi connectivity index (χ1v) is 5.97. The molecule has 2 aromatic carbocycles. The molecular weight excluding hydrogens is 256 g/mol. The van der Waals surface area contributed by atoms with Crippen molar-refractivity contribution in [1.29, 1.82) is 5.26 Å². The van der Waals surface area contributed by atoms with Crippen molar-refractivity contribution in [3.63, 3.8) is 0 Å². The van der Waals surface area contributed by atoms with Gasteiger partial charge in [-0.1, -0.05) is 12.1 Å². The first kappa shape index (κ1) is 13.6. The quantitative estimate of drug-likeness (QED) is 0.629. The third-order valence-corrected chi connectivity index (χ3v) is 2.83. The van der Waals surface area contributed by atoms with E-state index in [1.54, 1.807) is 37.3 Å². The van der Waals surface area contributed by atoms with Crippen molar-refractivity contribution in [2.24, 2.45) is 0 Å². The van der Waals surface area contributed by atoms with Gasteiger partial charge >= 0.3 is 0 Å². The fourth-order valence-electron chi connectivity index (χ4n) is 1.82. The normalized spacial score (nSPS) is 9.80. The number of ether oxygens (including phenoxy) is 1. The SMILES string of the molecule is Cc1cc(OCc2cccc(C#N)c2)ccc1[N+](=O)[O-]. The van der Waals surface area contributed by atoms with Crippen molar-refractivity contribution in [3.8, 4) is 11.8 Å². The van der Waals surface area contributed by atoms with Gasteiger partial charge in [-0.3, -0.25) is 10.1 Å². The standard InChI is InChI=1S/C15H12N2O3/c1-11-7-14(5-6-15(11)17(18)19)20-10-13-4-2-3-12(8-13)9-16/h2-8H,10H2,1H3. The number of hydrogen-bond donors (Lipinski definition) is 0. The maximum Gasteiger partial charge on any atom is 0.272 e. The van der Waals surface area contributed by atoms with Gasteiger partial charge in [0.15, 0.2) is 0 Å². The molecule has 0 unspecified atom stereocenters. The fourth-order valence-corrected chi connectivity index (χ4v) is 1.82. The van der Waals surface area contributed by atoms with Crippen molar-refractivity contribution >= 4 is 5.69 Å². The van der Waals surface area contributed by atoms with Crippen molar-refractivity contribution in [1.82, 2.24) is 0 Å². The molecule has 2 aromatic rings. The van der Waals surface area contributed by atoms with Crippen molar-refractivity contribution < 1.29 is 9.66 Å². The molecule has 0 saturated carbocycles. The van der Waals surface area contributed by atoms with Gasteiger partial charge < -0.3 is 4.74 Å². The minimum Gasteiger partial charge on any atom is -0.489 e. The highest BCUT2D eigenvalue weighted by Gasteiger charge is 2.10. The summed E-state index contributed by atoms with van der Waals surface area (Å²) in [5.41, 5.74) is 2.08. The summed E-state index contributed by atoms with van der Waals surface area (Å²) < 4.78 is 5.58. The van der Waals surface area contributed by atoms with E-state index in [-0.39, 0.29) is 5.69 Å². The Morgan fingerprint density at radius 2 is 2.10 bits per heavy atom. The van der Waals surface area contributed by atoms with Crippen LogP contribution in [0.4, 0.5) is 5.69 Å². The first-order valence-electron chi connectivity index (χ1n) is 5.97. The molecule has 0 bridgehead atoms. The summed E-state index contributed by atoms with van der Waals surface area (Å²) in [6, 6.07) is 13.8. The average molecular weight is 268 g/mol. The Labute approximate surface area is 116 Å². The molecule has 0 aromatic heterocycles. The summed E-state index contributed by atoms with van der Waals surface area (Å²) in [4.78, 5) is 10.3. The highest BCUT2D eigenvalue weighted by molar-refractivity contribution is 5.44. The zero-order valence-electron chi connectivity index (χ0n) is 10.9. The van der Waals surface area contributed by atoms with Crippen LogP contribution < -0.4 is 4.74 Å². The Kier molecular flexibility index (Phi) is 3.96. The minimum absolute atomic E-state index is 0.0730. The second-order valence-corrected chi connectivity index (χ2v) is 4.31. The number of aryl methyl sites for hydroxylation is 1. The third-order valence-electron chi connectivity index (χ3n) is 2.83. The van der Waals surface area contributed by atoms with E-state index < -0.39 is 4.92 Å². The number of nitro benzene ring substituents is 1. The Morgan fingerprint density at radius 3 is 2.75 bits per heavy atom. The monoisotopic (exact) mass is 268 g/mol. The lowest BCUT2D eigenvalue weighted by molar-refractivity contribution is -0.385. The summed E-state index contributed by atoms with van der Waals surface area (Å²) in [5, 5.41) is 19.5. The molecule has 0 aliphatic heterocycles. The fraction of sp³-hybridized carbons (Fsp3) is 0.133. The molecule has 0 atom stereocenters. The molecule has 0 saturated heterocycles. The minimum atomic E-state index is -0.421. The number of rotatable bonds is 4. The Bertz CT molecular complexity index is 690. The van der Waals surface area contributed by atoms with Gasteiger partial charge in [0.1, 0.15) is 12.4 Å². The van der Waals surface area contributed by atoms with E-state index in [1.807, 2.05) is 6.07 Å². The van der Waals surface area contributed by atoms with Crippen LogP contribution in [0.5, 0.6) is 5.75 Å². The lowest BCUT2D eigenvalue weighted by Gasteiger charge is -2.07. The third kappa shape index (κ3) is 3.12. The summed E-state index contributed by atoms with van der Waals surface area (Å²) in [5.74, 6) is 0.565. The van der Waals surface area contributed by atoms with Gasteiger partial charge in [-0.15, -0.1) is 0 Å². The molecule has 5 nitrogen and oxygen atoms in total. The van der Waals surface area contributed by atoms with Crippen LogP contribution in [0.2, 0.25) is 0 Å². The van der Waals surface area contributed by atoms with E-state index in [9.17, 15) is 10.1 Å². The first-order chi connectivity index (χ1) is 9.60. The van der Waals surface area contributed by atoms with Crippen LogP contribution in [0, 0.1) is 28.4 Å². The second kappa shape index (κ2) is 5.85. The summed E-state index contributed by atoms with van der Waals surface area (Å²) in [7, 11) is 0. The molecule has 0 radical (unpaired) electrons. The number of nitriles is 1. The lowest BCUT2D eigenvalue weighted by atomic mass is 10.1. The number of nitro groups is 1. The highest BCUT2D eigenvalue weighted by atomic mass is 16.6. The molecular formula is C15H12N2O3. The van der Waals surface area contributed by atoms with Crippen LogP contribution in [-0.4, -0.2) is 4.92 Å². The average Bonchev–Trinajstić information content (AvgIpc) is 2.45. The summed E-state index contributed by atoms with van der Waals surface area (Å²) in [6.45, 7) is 1.98.